The van der Waals surface area contributed by atoms with Crippen LogP contribution in [-0.2, 0) is 6.54 Å². The molecular weight excluding hydrogens is 254 g/mol. The number of rotatable bonds is 4. The fourth-order valence-electron chi connectivity index (χ4n) is 3.06. The van der Waals surface area contributed by atoms with E-state index in [1.54, 1.807) is 0 Å². The minimum Gasteiger partial charge on any atom is -0.348 e. The molecule has 1 aliphatic heterocycles. The number of piperidine rings is 1. The lowest BCUT2D eigenvalue weighted by Crippen LogP contribution is -2.38. The van der Waals surface area contributed by atoms with Crippen LogP contribution in [0.1, 0.15) is 43.7 Å². The molecule has 1 N–H and O–H groups in total. The molecule has 0 amide bonds. The molecule has 0 radical (unpaired) electrons. The van der Waals surface area contributed by atoms with Crippen LogP contribution in [0.2, 0.25) is 0 Å². The number of hydrogen-bond donors (Lipinski definition) is 1. The second kappa shape index (κ2) is 5.41. The van der Waals surface area contributed by atoms with Gasteiger partial charge in [-0.1, -0.05) is 13.8 Å². The number of thiazole rings is 1. The molecular formula is C15H25N3S. The maximum Gasteiger partial charge on any atom is 0.185 e. The Kier molecular flexibility index (Phi) is 3.81. The molecule has 3 rings (SSSR count). The minimum absolute atomic E-state index is 0.778. The molecule has 2 atom stereocenters. The largest absolute Gasteiger partial charge is 0.348 e. The van der Waals surface area contributed by atoms with Gasteiger partial charge in [-0.05, 0) is 38.0 Å². The molecule has 2 aliphatic rings. The van der Waals surface area contributed by atoms with E-state index >= 15 is 0 Å². The third-order valence-electron chi connectivity index (χ3n) is 4.15. The van der Waals surface area contributed by atoms with Gasteiger partial charge in [-0.3, -0.25) is 0 Å². The molecule has 19 heavy (non-hydrogen) atoms. The summed E-state index contributed by atoms with van der Waals surface area (Å²) in [5.74, 6) is 1.59. The van der Waals surface area contributed by atoms with Crippen molar-refractivity contribution in [2.45, 2.75) is 52.6 Å². The molecule has 4 heteroatoms. The normalized spacial score (nSPS) is 27.8. The van der Waals surface area contributed by atoms with Gasteiger partial charge in [-0.25, -0.2) is 4.98 Å². The Morgan fingerprint density at radius 2 is 1.95 bits per heavy atom. The number of anilines is 1. The average Bonchev–Trinajstić information content (AvgIpc) is 3.09. The van der Waals surface area contributed by atoms with Crippen LogP contribution in [0.15, 0.2) is 0 Å². The van der Waals surface area contributed by atoms with Crippen LogP contribution in [-0.4, -0.2) is 24.1 Å². The van der Waals surface area contributed by atoms with Gasteiger partial charge in [0.25, 0.3) is 0 Å². The summed E-state index contributed by atoms with van der Waals surface area (Å²) in [7, 11) is 0. The molecule has 1 aromatic rings. The number of aromatic nitrogens is 1. The zero-order valence-electron chi connectivity index (χ0n) is 12.3. The first-order valence-electron chi connectivity index (χ1n) is 7.56. The van der Waals surface area contributed by atoms with E-state index in [9.17, 15) is 0 Å². The highest BCUT2D eigenvalue weighted by Crippen LogP contribution is 2.31. The van der Waals surface area contributed by atoms with Gasteiger partial charge in [0.1, 0.15) is 0 Å². The van der Waals surface area contributed by atoms with Crippen LogP contribution in [0, 0.1) is 18.8 Å². The van der Waals surface area contributed by atoms with Crippen molar-refractivity contribution in [3.05, 3.63) is 10.6 Å². The molecule has 1 aliphatic carbocycles. The highest BCUT2D eigenvalue weighted by Gasteiger charge is 2.25. The van der Waals surface area contributed by atoms with Gasteiger partial charge in [-0.2, -0.15) is 0 Å². The molecule has 1 saturated carbocycles. The van der Waals surface area contributed by atoms with Gasteiger partial charge >= 0.3 is 0 Å². The van der Waals surface area contributed by atoms with Gasteiger partial charge < -0.3 is 10.2 Å². The molecule has 3 nitrogen and oxygen atoms in total. The van der Waals surface area contributed by atoms with Crippen molar-refractivity contribution in [3.63, 3.8) is 0 Å². The Morgan fingerprint density at radius 3 is 2.58 bits per heavy atom. The minimum atomic E-state index is 0.778. The first-order valence-corrected chi connectivity index (χ1v) is 8.38. The van der Waals surface area contributed by atoms with Gasteiger partial charge in [0.2, 0.25) is 0 Å². The summed E-state index contributed by atoms with van der Waals surface area (Å²) in [4.78, 5) is 8.73. The van der Waals surface area contributed by atoms with Crippen LogP contribution >= 0.6 is 11.3 Å². The number of aryl methyl sites for hydroxylation is 1. The van der Waals surface area contributed by atoms with Crippen LogP contribution in [0.5, 0.6) is 0 Å². The Bertz CT molecular complexity index is 429. The molecule has 106 valence electrons. The number of hydrogen-bond acceptors (Lipinski definition) is 4. The van der Waals surface area contributed by atoms with Crippen LogP contribution in [0.25, 0.3) is 0 Å². The van der Waals surface area contributed by atoms with Crippen molar-refractivity contribution in [2.75, 3.05) is 18.0 Å². The summed E-state index contributed by atoms with van der Waals surface area (Å²) in [6, 6.07) is 0.778. The topological polar surface area (TPSA) is 28.2 Å². The maximum atomic E-state index is 4.81. The standard InChI is InChI=1S/C15H25N3S/c1-10-6-11(2)9-18(8-10)15-17-12(3)14(19-15)7-16-13-4-5-13/h10-11,13,16H,4-9H2,1-3H3. The fraction of sp³-hybridized carbons (Fsp3) is 0.800. The summed E-state index contributed by atoms with van der Waals surface area (Å²) in [5.41, 5.74) is 1.22. The SMILES string of the molecule is Cc1nc(N2CC(C)CC(C)C2)sc1CNC1CC1. The quantitative estimate of drug-likeness (QED) is 0.917. The first-order chi connectivity index (χ1) is 9.11. The van der Waals surface area contributed by atoms with Crippen molar-refractivity contribution in [1.82, 2.24) is 10.3 Å². The lowest BCUT2D eigenvalue weighted by Gasteiger charge is -2.34. The second-order valence-corrected chi connectivity index (χ2v) is 7.57. The Labute approximate surface area is 120 Å². The Balaban J connectivity index is 1.67. The predicted octanol–water partition coefficient (Wildman–Crippen LogP) is 3.19. The zero-order valence-corrected chi connectivity index (χ0v) is 13.1. The predicted molar refractivity (Wildman–Crippen MR) is 81.9 cm³/mol. The summed E-state index contributed by atoms with van der Waals surface area (Å²) in [6.07, 6.45) is 4.06. The third kappa shape index (κ3) is 3.29. The summed E-state index contributed by atoms with van der Waals surface area (Å²) in [6.45, 7) is 10.2. The van der Waals surface area contributed by atoms with Gasteiger partial charge in [0.05, 0.1) is 5.69 Å². The smallest absolute Gasteiger partial charge is 0.185 e. The number of nitrogens with zero attached hydrogens (tertiary/aromatic N) is 2. The molecule has 2 unspecified atom stereocenters. The Morgan fingerprint density at radius 1 is 1.26 bits per heavy atom. The molecule has 2 heterocycles. The van der Waals surface area contributed by atoms with Crippen molar-refractivity contribution in [2.24, 2.45) is 11.8 Å². The van der Waals surface area contributed by atoms with E-state index < -0.39 is 0 Å². The van der Waals surface area contributed by atoms with E-state index in [1.165, 1.54) is 48.1 Å². The summed E-state index contributed by atoms with van der Waals surface area (Å²) in [5, 5.41) is 4.84. The summed E-state index contributed by atoms with van der Waals surface area (Å²) < 4.78 is 0. The average molecular weight is 279 g/mol. The lowest BCUT2D eigenvalue weighted by molar-refractivity contribution is 0.356. The van der Waals surface area contributed by atoms with Gasteiger partial charge in [-0.15, -0.1) is 11.3 Å². The molecule has 1 aromatic heterocycles. The maximum absolute atomic E-state index is 4.81. The van der Waals surface area contributed by atoms with Gasteiger partial charge in [0.15, 0.2) is 5.13 Å². The molecule has 0 aromatic carbocycles. The highest BCUT2D eigenvalue weighted by atomic mass is 32.1. The van der Waals surface area contributed by atoms with E-state index in [1.807, 2.05) is 11.3 Å². The van der Waals surface area contributed by atoms with E-state index in [0.717, 1.165) is 24.4 Å². The molecule has 2 fully saturated rings. The Hall–Kier alpha value is -0.610. The van der Waals surface area contributed by atoms with Crippen molar-refractivity contribution >= 4 is 16.5 Å². The van der Waals surface area contributed by atoms with Crippen molar-refractivity contribution in [3.8, 4) is 0 Å². The monoisotopic (exact) mass is 279 g/mol. The van der Waals surface area contributed by atoms with E-state index in [4.69, 9.17) is 4.98 Å². The van der Waals surface area contributed by atoms with Crippen molar-refractivity contribution in [1.29, 1.82) is 0 Å². The number of nitrogens with one attached hydrogen (secondary N) is 1. The van der Waals surface area contributed by atoms with Crippen LogP contribution < -0.4 is 10.2 Å². The van der Waals surface area contributed by atoms with Crippen LogP contribution in [0.3, 0.4) is 0 Å². The molecule has 0 bridgehead atoms. The highest BCUT2D eigenvalue weighted by molar-refractivity contribution is 7.15. The van der Waals surface area contributed by atoms with Gasteiger partial charge in [0, 0.05) is 30.6 Å². The fourth-order valence-corrected chi connectivity index (χ4v) is 4.09. The van der Waals surface area contributed by atoms with Crippen molar-refractivity contribution < 1.29 is 0 Å². The lowest BCUT2D eigenvalue weighted by atomic mass is 9.92. The zero-order chi connectivity index (χ0) is 13.4. The second-order valence-electron chi connectivity index (χ2n) is 6.51. The summed E-state index contributed by atoms with van der Waals surface area (Å²) >= 11 is 1.89. The van der Waals surface area contributed by atoms with E-state index in [0.29, 0.717) is 0 Å². The molecule has 1 saturated heterocycles. The van der Waals surface area contributed by atoms with E-state index in [-0.39, 0.29) is 0 Å². The van der Waals surface area contributed by atoms with E-state index in [2.05, 4.69) is 31.0 Å². The first kappa shape index (κ1) is 13.4. The third-order valence-corrected chi connectivity index (χ3v) is 5.37. The van der Waals surface area contributed by atoms with Crippen LogP contribution in [0.4, 0.5) is 5.13 Å². The molecule has 0 spiro atoms.